The number of nitrogens with one attached hydrogen (secondary N) is 2. The largest absolute Gasteiger partial charge is 0.490 e. The van der Waals surface area contributed by atoms with Crippen LogP contribution in [0.1, 0.15) is 18.4 Å². The fourth-order valence-corrected chi connectivity index (χ4v) is 2.20. The van der Waals surface area contributed by atoms with E-state index in [-0.39, 0.29) is 12.0 Å². The average Bonchev–Trinajstić information content (AvgIpc) is 2.43. The summed E-state index contributed by atoms with van der Waals surface area (Å²) in [5.41, 5.74) is 1.82. The fourth-order valence-electron chi connectivity index (χ4n) is 2.20. The van der Waals surface area contributed by atoms with Gasteiger partial charge in [-0.3, -0.25) is 4.79 Å². The zero-order valence-electron chi connectivity index (χ0n) is 12.1. The van der Waals surface area contributed by atoms with E-state index in [0.29, 0.717) is 6.54 Å². The molecule has 1 aliphatic rings. The molecule has 1 heterocycles. The van der Waals surface area contributed by atoms with Crippen LogP contribution in [0.4, 0.5) is 5.69 Å². The maximum absolute atomic E-state index is 11.5. The molecule has 110 valence electrons. The SMILES string of the molecule is CNCC(=O)Nc1ccc(OC2CCOCC2)c(C)c1. The Morgan fingerprint density at radius 3 is 2.80 bits per heavy atom. The number of benzene rings is 1. The molecule has 0 bridgehead atoms. The number of likely N-dealkylation sites (N-methyl/N-ethyl adjacent to an activating group) is 1. The summed E-state index contributed by atoms with van der Waals surface area (Å²) >= 11 is 0. The molecule has 0 spiro atoms. The topological polar surface area (TPSA) is 59.6 Å². The summed E-state index contributed by atoms with van der Waals surface area (Å²) in [6, 6.07) is 5.72. The number of rotatable bonds is 5. The number of ether oxygens (including phenoxy) is 2. The number of hydrogen-bond donors (Lipinski definition) is 2. The van der Waals surface area contributed by atoms with Gasteiger partial charge in [0, 0.05) is 18.5 Å². The molecular formula is C15H22N2O3. The lowest BCUT2D eigenvalue weighted by Crippen LogP contribution is -2.26. The van der Waals surface area contributed by atoms with Gasteiger partial charge in [-0.15, -0.1) is 0 Å². The van der Waals surface area contributed by atoms with E-state index < -0.39 is 0 Å². The van der Waals surface area contributed by atoms with Crippen molar-refractivity contribution in [2.75, 3.05) is 32.1 Å². The first-order chi connectivity index (χ1) is 9.69. The molecule has 5 nitrogen and oxygen atoms in total. The third-order valence-electron chi connectivity index (χ3n) is 3.26. The van der Waals surface area contributed by atoms with Crippen LogP contribution in [0.25, 0.3) is 0 Å². The number of hydrogen-bond acceptors (Lipinski definition) is 4. The van der Waals surface area contributed by atoms with Gasteiger partial charge < -0.3 is 20.1 Å². The molecule has 0 unspecified atom stereocenters. The van der Waals surface area contributed by atoms with Gasteiger partial charge in [-0.25, -0.2) is 0 Å². The van der Waals surface area contributed by atoms with Crippen LogP contribution >= 0.6 is 0 Å². The van der Waals surface area contributed by atoms with E-state index in [9.17, 15) is 4.79 Å². The normalized spacial score (nSPS) is 15.9. The second-order valence-corrected chi connectivity index (χ2v) is 4.99. The van der Waals surface area contributed by atoms with Crippen molar-refractivity contribution in [3.8, 4) is 5.75 Å². The van der Waals surface area contributed by atoms with Crippen molar-refractivity contribution in [1.82, 2.24) is 5.32 Å². The number of carbonyl (C=O) groups excluding carboxylic acids is 1. The van der Waals surface area contributed by atoms with Gasteiger partial charge in [0.25, 0.3) is 0 Å². The number of anilines is 1. The Balaban J connectivity index is 1.96. The Bertz CT molecular complexity index is 456. The number of amides is 1. The van der Waals surface area contributed by atoms with Crippen LogP contribution in [0.15, 0.2) is 18.2 Å². The number of carbonyl (C=O) groups is 1. The molecule has 0 atom stereocenters. The highest BCUT2D eigenvalue weighted by molar-refractivity contribution is 5.92. The molecule has 1 aliphatic heterocycles. The molecule has 2 N–H and O–H groups in total. The summed E-state index contributed by atoms with van der Waals surface area (Å²) in [6.07, 6.45) is 2.09. The van der Waals surface area contributed by atoms with Crippen LogP contribution in [0.3, 0.4) is 0 Å². The number of aryl methyl sites for hydroxylation is 1. The van der Waals surface area contributed by atoms with Gasteiger partial charge in [-0.1, -0.05) is 0 Å². The van der Waals surface area contributed by atoms with E-state index in [4.69, 9.17) is 9.47 Å². The molecule has 1 aromatic carbocycles. The Morgan fingerprint density at radius 1 is 1.40 bits per heavy atom. The standard InChI is InChI=1S/C15H22N2O3/c1-11-9-12(17-15(18)10-16-2)3-4-14(11)20-13-5-7-19-8-6-13/h3-4,9,13,16H,5-8,10H2,1-2H3,(H,17,18). The molecule has 0 aliphatic carbocycles. The van der Waals surface area contributed by atoms with Gasteiger partial charge in [0.2, 0.25) is 5.91 Å². The van der Waals surface area contributed by atoms with Crippen molar-refractivity contribution >= 4 is 11.6 Å². The van der Waals surface area contributed by atoms with E-state index >= 15 is 0 Å². The summed E-state index contributed by atoms with van der Waals surface area (Å²) in [5.74, 6) is 0.827. The molecular weight excluding hydrogens is 256 g/mol. The Labute approximate surface area is 119 Å². The molecule has 5 heteroatoms. The Morgan fingerprint density at radius 2 is 2.15 bits per heavy atom. The predicted octanol–water partition coefficient (Wildman–Crippen LogP) is 1.71. The summed E-state index contributed by atoms with van der Waals surface area (Å²) in [7, 11) is 1.75. The van der Waals surface area contributed by atoms with Gasteiger partial charge in [-0.05, 0) is 37.7 Å². The Kier molecular flexibility index (Phi) is 5.38. The lowest BCUT2D eigenvalue weighted by molar-refractivity contribution is -0.115. The van der Waals surface area contributed by atoms with Gasteiger partial charge in [0.15, 0.2) is 0 Å². The van der Waals surface area contributed by atoms with Gasteiger partial charge in [0.05, 0.1) is 19.8 Å². The first-order valence-electron chi connectivity index (χ1n) is 6.98. The van der Waals surface area contributed by atoms with E-state index in [1.165, 1.54) is 0 Å². The second-order valence-electron chi connectivity index (χ2n) is 4.99. The van der Waals surface area contributed by atoms with Crippen LogP contribution in [-0.4, -0.2) is 38.8 Å². The third kappa shape index (κ3) is 4.21. The summed E-state index contributed by atoms with van der Waals surface area (Å²) in [6.45, 7) is 3.82. The van der Waals surface area contributed by atoms with Crippen molar-refractivity contribution in [3.63, 3.8) is 0 Å². The molecule has 20 heavy (non-hydrogen) atoms. The van der Waals surface area contributed by atoms with Crippen LogP contribution < -0.4 is 15.4 Å². The summed E-state index contributed by atoms with van der Waals surface area (Å²) < 4.78 is 11.3. The van der Waals surface area contributed by atoms with Crippen LogP contribution in [-0.2, 0) is 9.53 Å². The van der Waals surface area contributed by atoms with Crippen LogP contribution in [0, 0.1) is 6.92 Å². The molecule has 1 fully saturated rings. The molecule has 0 aromatic heterocycles. The second kappa shape index (κ2) is 7.26. The maximum atomic E-state index is 11.5. The van der Waals surface area contributed by atoms with Crippen molar-refractivity contribution in [2.24, 2.45) is 0 Å². The minimum Gasteiger partial charge on any atom is -0.490 e. The molecule has 0 radical (unpaired) electrons. The lowest BCUT2D eigenvalue weighted by atomic mass is 10.1. The van der Waals surface area contributed by atoms with E-state index in [0.717, 1.165) is 43.1 Å². The lowest BCUT2D eigenvalue weighted by Gasteiger charge is -2.24. The smallest absolute Gasteiger partial charge is 0.238 e. The highest BCUT2D eigenvalue weighted by atomic mass is 16.5. The summed E-state index contributed by atoms with van der Waals surface area (Å²) in [5, 5.41) is 5.66. The third-order valence-corrected chi connectivity index (χ3v) is 3.26. The molecule has 1 saturated heterocycles. The molecule has 2 rings (SSSR count). The monoisotopic (exact) mass is 278 g/mol. The predicted molar refractivity (Wildman–Crippen MR) is 78.2 cm³/mol. The van der Waals surface area contributed by atoms with E-state index in [2.05, 4.69) is 10.6 Å². The molecule has 0 saturated carbocycles. The first-order valence-corrected chi connectivity index (χ1v) is 6.98. The van der Waals surface area contributed by atoms with Crippen molar-refractivity contribution in [1.29, 1.82) is 0 Å². The zero-order chi connectivity index (χ0) is 14.4. The highest BCUT2D eigenvalue weighted by Gasteiger charge is 2.16. The molecule has 1 amide bonds. The van der Waals surface area contributed by atoms with E-state index in [1.54, 1.807) is 7.05 Å². The quantitative estimate of drug-likeness (QED) is 0.861. The first kappa shape index (κ1) is 14.8. The minimum absolute atomic E-state index is 0.0509. The van der Waals surface area contributed by atoms with Crippen molar-refractivity contribution in [2.45, 2.75) is 25.9 Å². The highest BCUT2D eigenvalue weighted by Crippen LogP contribution is 2.25. The van der Waals surface area contributed by atoms with Crippen LogP contribution in [0.5, 0.6) is 5.75 Å². The van der Waals surface area contributed by atoms with Gasteiger partial charge >= 0.3 is 0 Å². The van der Waals surface area contributed by atoms with Crippen LogP contribution in [0.2, 0.25) is 0 Å². The van der Waals surface area contributed by atoms with Gasteiger partial charge in [-0.2, -0.15) is 0 Å². The average molecular weight is 278 g/mol. The van der Waals surface area contributed by atoms with Crippen molar-refractivity contribution in [3.05, 3.63) is 23.8 Å². The van der Waals surface area contributed by atoms with Crippen molar-refractivity contribution < 1.29 is 14.3 Å². The summed E-state index contributed by atoms with van der Waals surface area (Å²) in [4.78, 5) is 11.5. The maximum Gasteiger partial charge on any atom is 0.238 e. The Hall–Kier alpha value is -1.59. The fraction of sp³-hybridized carbons (Fsp3) is 0.533. The van der Waals surface area contributed by atoms with E-state index in [1.807, 2.05) is 25.1 Å². The minimum atomic E-state index is -0.0509. The van der Waals surface area contributed by atoms with Gasteiger partial charge in [0.1, 0.15) is 11.9 Å². The zero-order valence-corrected chi connectivity index (χ0v) is 12.1. The molecule has 1 aromatic rings.